The summed E-state index contributed by atoms with van der Waals surface area (Å²) in [5.74, 6) is -0.225. The minimum Gasteiger partial charge on any atom is -0.483 e. The van der Waals surface area contributed by atoms with Crippen molar-refractivity contribution in [2.24, 2.45) is 15.7 Å². The Morgan fingerprint density at radius 3 is 2.50 bits per heavy atom. The first kappa shape index (κ1) is 24.8. The number of fused-ring (bicyclic) bond motifs is 1. The van der Waals surface area contributed by atoms with Crippen molar-refractivity contribution in [2.45, 2.75) is 26.9 Å². The molecular formula is C27H23ClN4O4. The summed E-state index contributed by atoms with van der Waals surface area (Å²) in [6.07, 6.45) is -0.634. The molecule has 0 aliphatic rings. The molecule has 0 saturated heterocycles. The lowest BCUT2D eigenvalue weighted by molar-refractivity contribution is 0.0988. The highest BCUT2D eigenvalue weighted by atomic mass is 35.5. The van der Waals surface area contributed by atoms with Gasteiger partial charge in [0.1, 0.15) is 22.6 Å². The number of nitrogens with zero attached hydrogens (tertiary/aromatic N) is 3. The normalized spacial score (nSPS) is 11.8. The highest BCUT2D eigenvalue weighted by Gasteiger charge is 2.22. The highest BCUT2D eigenvalue weighted by Crippen LogP contribution is 2.36. The fourth-order valence-electron chi connectivity index (χ4n) is 4.02. The number of carbonyl (C=O) groups is 1. The molecule has 182 valence electrons. The van der Waals surface area contributed by atoms with E-state index >= 15 is 0 Å². The Kier molecular flexibility index (Phi) is 6.72. The number of primary amides is 1. The second-order valence-electron chi connectivity index (χ2n) is 8.24. The van der Waals surface area contributed by atoms with Gasteiger partial charge in [0, 0.05) is 16.7 Å². The molecule has 0 aliphatic heterocycles. The van der Waals surface area contributed by atoms with E-state index in [0.29, 0.717) is 44.8 Å². The summed E-state index contributed by atoms with van der Waals surface area (Å²) in [7, 11) is 0. The Bertz CT molecular complexity index is 1610. The van der Waals surface area contributed by atoms with Gasteiger partial charge in [-0.15, -0.1) is 0 Å². The van der Waals surface area contributed by atoms with Gasteiger partial charge in [0.15, 0.2) is 16.9 Å². The topological polar surface area (TPSA) is 120 Å². The third-order valence-corrected chi connectivity index (χ3v) is 5.98. The van der Waals surface area contributed by atoms with Crippen LogP contribution in [-0.2, 0) is 0 Å². The van der Waals surface area contributed by atoms with Crippen LogP contribution in [0.4, 0.5) is 11.4 Å². The highest BCUT2D eigenvalue weighted by molar-refractivity contribution is 6.29. The first-order chi connectivity index (χ1) is 17.1. The van der Waals surface area contributed by atoms with Gasteiger partial charge in [-0.3, -0.25) is 19.6 Å². The van der Waals surface area contributed by atoms with E-state index in [1.165, 1.54) is 12.1 Å². The van der Waals surface area contributed by atoms with Crippen LogP contribution in [0.15, 0.2) is 61.7 Å². The minimum absolute atomic E-state index is 0.0929. The molecule has 1 unspecified atom stereocenters. The molecule has 1 amide bonds. The van der Waals surface area contributed by atoms with E-state index in [4.69, 9.17) is 26.5 Å². The van der Waals surface area contributed by atoms with Crippen LogP contribution in [0.25, 0.3) is 22.3 Å². The second kappa shape index (κ2) is 9.75. The Morgan fingerprint density at radius 1 is 1.11 bits per heavy atom. The van der Waals surface area contributed by atoms with Crippen LogP contribution in [0.1, 0.15) is 40.2 Å². The predicted molar refractivity (Wildman–Crippen MR) is 143 cm³/mol. The third-order valence-electron chi connectivity index (χ3n) is 5.77. The van der Waals surface area contributed by atoms with Crippen molar-refractivity contribution in [2.75, 3.05) is 0 Å². The molecular weight excluding hydrogens is 480 g/mol. The maximum atomic E-state index is 13.4. The van der Waals surface area contributed by atoms with E-state index in [-0.39, 0.29) is 22.0 Å². The molecule has 8 nitrogen and oxygen atoms in total. The van der Waals surface area contributed by atoms with Gasteiger partial charge >= 0.3 is 0 Å². The SMILES string of the molecule is C=Nc1ccc(-c2oc3c(C(C)Oc4ccc(Cl)nc4C(N)=O)cc(C)cc3c(=O)c2C)cc1N=C. The summed E-state index contributed by atoms with van der Waals surface area (Å²) < 4.78 is 12.4. The van der Waals surface area contributed by atoms with Gasteiger partial charge in [-0.2, -0.15) is 0 Å². The summed E-state index contributed by atoms with van der Waals surface area (Å²) in [4.78, 5) is 37.2. The first-order valence-corrected chi connectivity index (χ1v) is 11.3. The van der Waals surface area contributed by atoms with Crippen LogP contribution in [0.2, 0.25) is 5.15 Å². The quantitative estimate of drug-likeness (QED) is 0.244. The fourth-order valence-corrected chi connectivity index (χ4v) is 4.17. The summed E-state index contributed by atoms with van der Waals surface area (Å²) >= 11 is 5.92. The van der Waals surface area contributed by atoms with Crippen molar-refractivity contribution in [3.8, 4) is 17.1 Å². The zero-order chi connectivity index (χ0) is 26.1. The minimum atomic E-state index is -0.776. The molecule has 4 aromatic rings. The number of nitrogens with two attached hydrogens (primary N) is 1. The molecule has 0 radical (unpaired) electrons. The van der Waals surface area contributed by atoms with Crippen molar-refractivity contribution >= 4 is 53.3 Å². The molecule has 2 heterocycles. The molecule has 4 rings (SSSR count). The van der Waals surface area contributed by atoms with E-state index in [0.717, 1.165) is 5.56 Å². The molecule has 0 bridgehead atoms. The number of hydrogen-bond donors (Lipinski definition) is 1. The van der Waals surface area contributed by atoms with Gasteiger partial charge in [-0.05, 0) is 82.2 Å². The average Bonchev–Trinajstić information content (AvgIpc) is 2.86. The molecule has 36 heavy (non-hydrogen) atoms. The summed E-state index contributed by atoms with van der Waals surface area (Å²) in [6, 6.07) is 11.9. The largest absolute Gasteiger partial charge is 0.483 e. The maximum absolute atomic E-state index is 13.4. The molecule has 0 aliphatic carbocycles. The number of ether oxygens (including phenoxy) is 1. The second-order valence-corrected chi connectivity index (χ2v) is 8.63. The number of aliphatic imine (C=N–C) groups is 2. The van der Waals surface area contributed by atoms with Crippen molar-refractivity contribution < 1.29 is 13.9 Å². The van der Waals surface area contributed by atoms with Gasteiger partial charge < -0.3 is 14.9 Å². The van der Waals surface area contributed by atoms with Crippen molar-refractivity contribution in [3.63, 3.8) is 0 Å². The maximum Gasteiger partial charge on any atom is 0.271 e. The van der Waals surface area contributed by atoms with Crippen LogP contribution >= 0.6 is 11.6 Å². The van der Waals surface area contributed by atoms with E-state index in [2.05, 4.69) is 28.4 Å². The molecule has 1 atom stereocenters. The number of pyridine rings is 1. The van der Waals surface area contributed by atoms with Gasteiger partial charge in [0.05, 0.1) is 16.8 Å². The van der Waals surface area contributed by atoms with Crippen molar-refractivity contribution in [3.05, 3.63) is 80.2 Å². The summed E-state index contributed by atoms with van der Waals surface area (Å²) in [5, 5.41) is 0.527. The van der Waals surface area contributed by atoms with Crippen LogP contribution in [0, 0.1) is 13.8 Å². The lowest BCUT2D eigenvalue weighted by atomic mass is 9.99. The zero-order valence-electron chi connectivity index (χ0n) is 20.0. The van der Waals surface area contributed by atoms with Crippen molar-refractivity contribution in [1.82, 2.24) is 4.98 Å². The molecule has 9 heteroatoms. The number of carbonyl (C=O) groups excluding carboxylic acids is 1. The molecule has 2 aromatic heterocycles. The van der Waals surface area contributed by atoms with Crippen LogP contribution in [-0.4, -0.2) is 24.3 Å². The lowest BCUT2D eigenvalue weighted by Crippen LogP contribution is -2.17. The molecule has 0 spiro atoms. The van der Waals surface area contributed by atoms with Crippen LogP contribution in [0.5, 0.6) is 5.75 Å². The fraction of sp³-hybridized carbons (Fsp3) is 0.148. The standard InChI is InChI=1S/C27H23ClN4O4/c1-13-10-17(15(3)35-21-8-9-22(28)32-23(21)27(29)34)26-18(11-13)24(33)14(2)25(36-26)16-6-7-19(30-4)20(12-16)31-5/h6-12,15H,4-5H2,1-3H3,(H2,29,34). The number of hydrogen-bond acceptors (Lipinski definition) is 7. The lowest BCUT2D eigenvalue weighted by Gasteiger charge is -2.19. The first-order valence-electron chi connectivity index (χ1n) is 10.9. The van der Waals surface area contributed by atoms with Gasteiger partial charge in [0.25, 0.3) is 5.91 Å². The van der Waals surface area contributed by atoms with Crippen molar-refractivity contribution in [1.29, 1.82) is 0 Å². The van der Waals surface area contributed by atoms with E-state index in [1.807, 2.05) is 13.0 Å². The molecule has 0 saturated carbocycles. The van der Waals surface area contributed by atoms with E-state index in [9.17, 15) is 9.59 Å². The van der Waals surface area contributed by atoms with Gasteiger partial charge in [-0.25, -0.2) is 4.98 Å². The van der Waals surface area contributed by atoms with Crippen LogP contribution < -0.4 is 15.9 Å². The Morgan fingerprint density at radius 2 is 1.83 bits per heavy atom. The predicted octanol–water partition coefficient (Wildman–Crippen LogP) is 6.03. The van der Waals surface area contributed by atoms with Crippen LogP contribution in [0.3, 0.4) is 0 Å². The number of benzene rings is 2. The number of aryl methyl sites for hydroxylation is 1. The zero-order valence-corrected chi connectivity index (χ0v) is 20.7. The monoisotopic (exact) mass is 502 g/mol. The van der Waals surface area contributed by atoms with Gasteiger partial charge in [-0.1, -0.05) is 11.6 Å². The Labute approximate surface area is 212 Å². The molecule has 2 N–H and O–H groups in total. The number of halogens is 1. The van der Waals surface area contributed by atoms with E-state index in [1.54, 1.807) is 38.1 Å². The van der Waals surface area contributed by atoms with Gasteiger partial charge in [0.2, 0.25) is 0 Å². The number of aromatic nitrogens is 1. The number of rotatable bonds is 7. The average molecular weight is 503 g/mol. The van der Waals surface area contributed by atoms with E-state index < -0.39 is 12.0 Å². The molecule has 2 aromatic carbocycles. The summed E-state index contributed by atoms with van der Waals surface area (Å²) in [6.45, 7) is 12.5. The Balaban J connectivity index is 1.90. The Hall–Kier alpha value is -4.30. The third kappa shape index (κ3) is 4.50. The summed E-state index contributed by atoms with van der Waals surface area (Å²) in [5.41, 5.74) is 9.17. The molecule has 0 fully saturated rings. The number of amides is 1. The smallest absolute Gasteiger partial charge is 0.271 e.